The quantitative estimate of drug-likeness (QED) is 0.726. The van der Waals surface area contributed by atoms with Crippen molar-refractivity contribution < 1.29 is 5.11 Å². The Morgan fingerprint density at radius 3 is 2.88 bits per heavy atom. The van der Waals surface area contributed by atoms with Gasteiger partial charge in [-0.15, -0.1) is 10.2 Å². The Kier molecular flexibility index (Phi) is 2.26. The molecule has 2 aromatic heterocycles. The molecule has 0 unspecified atom stereocenters. The standard InChI is InChI=1S/C13H11N3O/c17-11-5-3-4-10(8-11)9-13-15-14-12-6-1-2-7-16(12)13/h1-8,17H,9H2. The first-order chi connectivity index (χ1) is 8.33. The molecule has 0 fully saturated rings. The van der Waals surface area contributed by atoms with Gasteiger partial charge in [-0.05, 0) is 29.8 Å². The number of benzene rings is 1. The molecule has 2 heterocycles. The Balaban J connectivity index is 2.00. The van der Waals surface area contributed by atoms with Gasteiger partial charge in [0.15, 0.2) is 5.65 Å². The fourth-order valence-corrected chi connectivity index (χ4v) is 1.86. The third-order valence-corrected chi connectivity index (χ3v) is 2.66. The highest BCUT2D eigenvalue weighted by Gasteiger charge is 2.05. The molecule has 4 nitrogen and oxygen atoms in total. The Hall–Kier alpha value is -2.36. The lowest BCUT2D eigenvalue weighted by molar-refractivity contribution is 0.474. The lowest BCUT2D eigenvalue weighted by atomic mass is 10.1. The van der Waals surface area contributed by atoms with E-state index in [9.17, 15) is 5.11 Å². The molecular weight excluding hydrogens is 214 g/mol. The van der Waals surface area contributed by atoms with Crippen LogP contribution < -0.4 is 0 Å². The molecule has 3 rings (SSSR count). The van der Waals surface area contributed by atoms with Crippen LogP contribution in [-0.4, -0.2) is 19.7 Å². The van der Waals surface area contributed by atoms with E-state index >= 15 is 0 Å². The van der Waals surface area contributed by atoms with Crippen molar-refractivity contribution >= 4 is 5.65 Å². The summed E-state index contributed by atoms with van der Waals surface area (Å²) in [5, 5.41) is 17.7. The fraction of sp³-hybridized carbons (Fsp3) is 0.0769. The topological polar surface area (TPSA) is 50.4 Å². The second-order valence-electron chi connectivity index (χ2n) is 3.89. The van der Waals surface area contributed by atoms with Gasteiger partial charge in [0.05, 0.1) is 0 Å². The molecule has 0 radical (unpaired) electrons. The van der Waals surface area contributed by atoms with Gasteiger partial charge in [0.25, 0.3) is 0 Å². The van der Waals surface area contributed by atoms with Crippen molar-refractivity contribution in [2.75, 3.05) is 0 Å². The van der Waals surface area contributed by atoms with E-state index in [2.05, 4.69) is 10.2 Å². The Labute approximate surface area is 98.2 Å². The van der Waals surface area contributed by atoms with E-state index in [1.165, 1.54) is 0 Å². The van der Waals surface area contributed by atoms with Crippen LogP contribution in [0.25, 0.3) is 5.65 Å². The summed E-state index contributed by atoms with van der Waals surface area (Å²) in [6, 6.07) is 13.0. The summed E-state index contributed by atoms with van der Waals surface area (Å²) < 4.78 is 1.95. The van der Waals surface area contributed by atoms with Gasteiger partial charge in [0.1, 0.15) is 11.6 Å². The van der Waals surface area contributed by atoms with Gasteiger partial charge in [-0.2, -0.15) is 0 Å². The molecule has 0 aliphatic heterocycles. The first-order valence-corrected chi connectivity index (χ1v) is 5.39. The molecule has 84 valence electrons. The normalized spacial score (nSPS) is 10.8. The van der Waals surface area contributed by atoms with Crippen molar-refractivity contribution in [3.8, 4) is 5.75 Å². The molecule has 4 heteroatoms. The third kappa shape index (κ3) is 1.85. The highest BCUT2D eigenvalue weighted by Crippen LogP contribution is 2.14. The first kappa shape index (κ1) is 9.84. The molecule has 17 heavy (non-hydrogen) atoms. The zero-order chi connectivity index (χ0) is 11.7. The predicted octanol–water partition coefficient (Wildman–Crippen LogP) is 2.03. The molecule has 0 aliphatic carbocycles. The van der Waals surface area contributed by atoms with E-state index in [-0.39, 0.29) is 5.75 Å². The number of phenolic OH excluding ortho intramolecular Hbond substituents is 1. The summed E-state index contributed by atoms with van der Waals surface area (Å²) >= 11 is 0. The molecule has 0 bridgehead atoms. The Morgan fingerprint density at radius 1 is 1.06 bits per heavy atom. The number of nitrogens with zero attached hydrogens (tertiary/aromatic N) is 3. The van der Waals surface area contributed by atoms with Gasteiger partial charge in [0, 0.05) is 12.6 Å². The van der Waals surface area contributed by atoms with E-state index in [1.54, 1.807) is 12.1 Å². The third-order valence-electron chi connectivity index (χ3n) is 2.66. The summed E-state index contributed by atoms with van der Waals surface area (Å²) in [6.45, 7) is 0. The van der Waals surface area contributed by atoms with Crippen LogP contribution in [0, 0.1) is 0 Å². The smallest absolute Gasteiger partial charge is 0.160 e. The van der Waals surface area contributed by atoms with E-state index in [4.69, 9.17) is 0 Å². The maximum absolute atomic E-state index is 9.41. The van der Waals surface area contributed by atoms with Gasteiger partial charge in [-0.25, -0.2) is 0 Å². The average molecular weight is 225 g/mol. The molecule has 0 spiro atoms. The average Bonchev–Trinajstić information content (AvgIpc) is 2.73. The van der Waals surface area contributed by atoms with Gasteiger partial charge in [-0.3, -0.25) is 4.40 Å². The maximum atomic E-state index is 9.41. The summed E-state index contributed by atoms with van der Waals surface area (Å²) in [5.41, 5.74) is 1.85. The van der Waals surface area contributed by atoms with Gasteiger partial charge < -0.3 is 5.11 Å². The van der Waals surface area contributed by atoms with Gasteiger partial charge in [0.2, 0.25) is 0 Å². The van der Waals surface area contributed by atoms with Gasteiger partial charge in [-0.1, -0.05) is 18.2 Å². The van der Waals surface area contributed by atoms with Crippen molar-refractivity contribution in [1.29, 1.82) is 0 Å². The molecule has 0 saturated carbocycles. The van der Waals surface area contributed by atoms with Crippen LogP contribution in [-0.2, 0) is 6.42 Å². The highest BCUT2D eigenvalue weighted by atomic mass is 16.3. The second-order valence-corrected chi connectivity index (χ2v) is 3.89. The molecule has 0 amide bonds. The highest BCUT2D eigenvalue weighted by molar-refractivity contribution is 5.38. The molecule has 0 atom stereocenters. The van der Waals surface area contributed by atoms with Crippen LogP contribution in [0.5, 0.6) is 5.75 Å². The van der Waals surface area contributed by atoms with Crippen LogP contribution in [0.2, 0.25) is 0 Å². The molecule has 0 saturated heterocycles. The summed E-state index contributed by atoms with van der Waals surface area (Å²) in [6.07, 6.45) is 2.59. The number of aromatic nitrogens is 3. The van der Waals surface area contributed by atoms with Crippen LogP contribution in [0.15, 0.2) is 48.7 Å². The first-order valence-electron chi connectivity index (χ1n) is 5.39. The number of rotatable bonds is 2. The molecule has 0 aliphatic rings. The number of hydrogen-bond donors (Lipinski definition) is 1. The van der Waals surface area contributed by atoms with Crippen LogP contribution in [0.4, 0.5) is 0 Å². The second kappa shape index (κ2) is 3.90. The lowest BCUT2D eigenvalue weighted by Gasteiger charge is -2.00. The number of hydrogen-bond acceptors (Lipinski definition) is 3. The molecule has 1 aromatic carbocycles. The largest absolute Gasteiger partial charge is 0.508 e. The van der Waals surface area contributed by atoms with Crippen LogP contribution in [0.3, 0.4) is 0 Å². The number of fused-ring (bicyclic) bond motifs is 1. The molecular formula is C13H11N3O. The van der Waals surface area contributed by atoms with Crippen molar-refractivity contribution in [1.82, 2.24) is 14.6 Å². The van der Waals surface area contributed by atoms with E-state index < -0.39 is 0 Å². The molecule has 3 aromatic rings. The number of aromatic hydroxyl groups is 1. The minimum absolute atomic E-state index is 0.274. The number of phenols is 1. The lowest BCUT2D eigenvalue weighted by Crippen LogP contribution is -1.95. The Bertz CT molecular complexity index is 660. The van der Waals surface area contributed by atoms with Crippen molar-refractivity contribution in [2.45, 2.75) is 6.42 Å². The predicted molar refractivity (Wildman–Crippen MR) is 63.9 cm³/mol. The van der Waals surface area contributed by atoms with E-state index in [0.29, 0.717) is 6.42 Å². The van der Waals surface area contributed by atoms with E-state index in [0.717, 1.165) is 17.0 Å². The summed E-state index contributed by atoms with van der Waals surface area (Å²) in [5.74, 6) is 1.14. The fourth-order valence-electron chi connectivity index (χ4n) is 1.86. The zero-order valence-corrected chi connectivity index (χ0v) is 9.11. The van der Waals surface area contributed by atoms with Crippen LogP contribution in [0.1, 0.15) is 11.4 Å². The summed E-state index contributed by atoms with van der Waals surface area (Å²) in [7, 11) is 0. The molecule has 1 N–H and O–H groups in total. The monoisotopic (exact) mass is 225 g/mol. The van der Waals surface area contributed by atoms with Crippen LogP contribution >= 0.6 is 0 Å². The van der Waals surface area contributed by atoms with Gasteiger partial charge >= 0.3 is 0 Å². The number of pyridine rings is 1. The zero-order valence-electron chi connectivity index (χ0n) is 9.11. The van der Waals surface area contributed by atoms with Crippen molar-refractivity contribution in [3.05, 3.63) is 60.0 Å². The minimum Gasteiger partial charge on any atom is -0.508 e. The maximum Gasteiger partial charge on any atom is 0.160 e. The minimum atomic E-state index is 0.274. The van der Waals surface area contributed by atoms with Crippen molar-refractivity contribution in [3.63, 3.8) is 0 Å². The SMILES string of the molecule is Oc1cccc(Cc2nnc3ccccn23)c1. The van der Waals surface area contributed by atoms with E-state index in [1.807, 2.05) is 40.9 Å². The van der Waals surface area contributed by atoms with Crippen molar-refractivity contribution in [2.24, 2.45) is 0 Å². The Morgan fingerprint density at radius 2 is 2.00 bits per heavy atom. The summed E-state index contributed by atoms with van der Waals surface area (Å²) in [4.78, 5) is 0.